The Morgan fingerprint density at radius 2 is 2.44 bits per heavy atom. The van der Waals surface area contributed by atoms with Crippen molar-refractivity contribution in [2.45, 2.75) is 6.42 Å². The maximum Gasteiger partial charge on any atom is 0.240 e. The van der Waals surface area contributed by atoms with Crippen LogP contribution in [0.1, 0.15) is 6.42 Å². The molecule has 0 spiro atoms. The minimum atomic E-state index is -0.199. The molecule has 1 saturated heterocycles. The zero-order chi connectivity index (χ0) is 6.85. The van der Waals surface area contributed by atoms with Gasteiger partial charge < -0.3 is 5.11 Å². The van der Waals surface area contributed by atoms with Crippen molar-refractivity contribution in [3.05, 3.63) is 0 Å². The summed E-state index contributed by atoms with van der Waals surface area (Å²) in [7, 11) is 1.78. The lowest BCUT2D eigenvalue weighted by Gasteiger charge is -2.20. The maximum absolute atomic E-state index is 10.7. The number of aliphatic hydroxyl groups is 1. The summed E-state index contributed by atoms with van der Waals surface area (Å²) in [4.78, 5) is 10.7. The molecule has 0 aromatic rings. The molecule has 1 aliphatic rings. The third-order valence-electron chi connectivity index (χ3n) is 1.48. The van der Waals surface area contributed by atoms with Crippen molar-refractivity contribution in [1.29, 1.82) is 0 Å². The van der Waals surface area contributed by atoms with Crippen molar-refractivity contribution in [3.63, 3.8) is 0 Å². The van der Waals surface area contributed by atoms with Crippen molar-refractivity contribution < 1.29 is 9.90 Å². The molecule has 0 aromatic carbocycles. The predicted octanol–water partition coefficient (Wildman–Crippen LogP) is -0.985. The first-order valence-electron chi connectivity index (χ1n) is 2.88. The lowest BCUT2D eigenvalue weighted by atomic mass is 10.4. The molecule has 0 atom stereocenters. The van der Waals surface area contributed by atoms with E-state index in [0.717, 1.165) is 6.54 Å². The van der Waals surface area contributed by atoms with Gasteiger partial charge in [-0.2, -0.15) is 0 Å². The highest BCUT2D eigenvalue weighted by atomic mass is 16.3. The highest BCUT2D eigenvalue weighted by Gasteiger charge is 2.24. The molecule has 4 nitrogen and oxygen atoms in total. The van der Waals surface area contributed by atoms with Gasteiger partial charge in [0, 0.05) is 20.0 Å². The minimum Gasteiger partial charge on any atom is -0.375 e. The molecule has 0 radical (unpaired) electrons. The molecule has 1 heterocycles. The van der Waals surface area contributed by atoms with Gasteiger partial charge in [0.05, 0.1) is 0 Å². The van der Waals surface area contributed by atoms with Crippen molar-refractivity contribution in [3.8, 4) is 0 Å². The standard InChI is InChI=1S/C5H10N2O2/c1-6-3-2-5(9)7(6)4-8/h8H,2-4H2,1H3. The maximum atomic E-state index is 10.7. The zero-order valence-corrected chi connectivity index (χ0v) is 5.37. The number of carbonyl (C=O) groups is 1. The summed E-state index contributed by atoms with van der Waals surface area (Å²) in [5, 5.41) is 11.6. The largest absolute Gasteiger partial charge is 0.375 e. The van der Waals surface area contributed by atoms with Crippen molar-refractivity contribution in [1.82, 2.24) is 10.0 Å². The second-order valence-electron chi connectivity index (χ2n) is 2.07. The molecule has 1 amide bonds. The van der Waals surface area contributed by atoms with Gasteiger partial charge in [0.15, 0.2) is 0 Å². The number of hydrazine groups is 1. The summed E-state index contributed by atoms with van der Waals surface area (Å²) >= 11 is 0. The molecule has 4 heteroatoms. The molecule has 0 aliphatic carbocycles. The van der Waals surface area contributed by atoms with E-state index < -0.39 is 0 Å². The molecular weight excluding hydrogens is 120 g/mol. The topological polar surface area (TPSA) is 43.8 Å². The first-order valence-corrected chi connectivity index (χ1v) is 2.88. The molecule has 1 rings (SSSR count). The second kappa shape index (κ2) is 2.33. The molecule has 9 heavy (non-hydrogen) atoms. The van der Waals surface area contributed by atoms with Crippen molar-refractivity contribution in [2.75, 3.05) is 20.3 Å². The summed E-state index contributed by atoms with van der Waals surface area (Å²) in [6, 6.07) is 0. The number of hydrogen-bond acceptors (Lipinski definition) is 3. The lowest BCUT2D eigenvalue weighted by Crippen LogP contribution is -2.36. The molecule has 0 unspecified atom stereocenters. The van der Waals surface area contributed by atoms with E-state index in [1.54, 1.807) is 12.1 Å². The minimum absolute atomic E-state index is 0.000000000000000444. The van der Waals surface area contributed by atoms with E-state index in [0.29, 0.717) is 6.42 Å². The van der Waals surface area contributed by atoms with Crippen LogP contribution >= 0.6 is 0 Å². The predicted molar refractivity (Wildman–Crippen MR) is 31.2 cm³/mol. The van der Waals surface area contributed by atoms with E-state index in [1.165, 1.54) is 5.01 Å². The molecule has 1 N–H and O–H groups in total. The fourth-order valence-corrected chi connectivity index (χ4v) is 0.884. The number of carbonyl (C=O) groups excluding carboxylic acids is 1. The Balaban J connectivity index is 2.55. The fourth-order valence-electron chi connectivity index (χ4n) is 0.884. The number of hydrogen-bond donors (Lipinski definition) is 1. The Hall–Kier alpha value is -0.610. The molecular formula is C5H10N2O2. The van der Waals surface area contributed by atoms with Gasteiger partial charge in [-0.05, 0) is 0 Å². The fraction of sp³-hybridized carbons (Fsp3) is 0.800. The van der Waals surface area contributed by atoms with Gasteiger partial charge >= 0.3 is 0 Å². The molecule has 0 bridgehead atoms. The summed E-state index contributed by atoms with van der Waals surface area (Å²) < 4.78 is 0. The number of amides is 1. The molecule has 52 valence electrons. The van der Waals surface area contributed by atoms with Gasteiger partial charge in [0.1, 0.15) is 6.73 Å². The first-order chi connectivity index (χ1) is 4.25. The van der Waals surface area contributed by atoms with E-state index in [2.05, 4.69) is 0 Å². The molecule has 1 fully saturated rings. The van der Waals surface area contributed by atoms with Crippen LogP contribution in [0.4, 0.5) is 0 Å². The third kappa shape index (κ3) is 1.04. The van der Waals surface area contributed by atoms with Gasteiger partial charge in [-0.25, -0.2) is 5.01 Å². The highest BCUT2D eigenvalue weighted by molar-refractivity contribution is 5.77. The molecule has 0 saturated carbocycles. The summed E-state index contributed by atoms with van der Waals surface area (Å²) in [6.07, 6.45) is 0.525. The summed E-state index contributed by atoms with van der Waals surface area (Å²) in [5.74, 6) is 0.000000000000000444. The highest BCUT2D eigenvalue weighted by Crippen LogP contribution is 2.06. The monoisotopic (exact) mass is 130 g/mol. The van der Waals surface area contributed by atoms with Crippen molar-refractivity contribution >= 4 is 5.91 Å². The third-order valence-corrected chi connectivity index (χ3v) is 1.48. The van der Waals surface area contributed by atoms with Crippen LogP contribution in [-0.2, 0) is 4.79 Å². The van der Waals surface area contributed by atoms with Gasteiger partial charge in [-0.3, -0.25) is 9.80 Å². The molecule has 0 aromatic heterocycles. The van der Waals surface area contributed by atoms with Crippen LogP contribution in [0.5, 0.6) is 0 Å². The van der Waals surface area contributed by atoms with Gasteiger partial charge in [0.25, 0.3) is 0 Å². The lowest BCUT2D eigenvalue weighted by molar-refractivity contribution is -0.143. The van der Waals surface area contributed by atoms with Crippen LogP contribution < -0.4 is 0 Å². The van der Waals surface area contributed by atoms with Crippen LogP contribution in [0.25, 0.3) is 0 Å². The average Bonchev–Trinajstić information content (AvgIpc) is 2.12. The average molecular weight is 130 g/mol. The summed E-state index contributed by atoms with van der Waals surface area (Å²) in [6.45, 7) is 0.523. The Kier molecular flexibility index (Phi) is 1.68. The van der Waals surface area contributed by atoms with E-state index in [1.807, 2.05) is 0 Å². The Bertz CT molecular complexity index is 126. The smallest absolute Gasteiger partial charge is 0.240 e. The quantitative estimate of drug-likeness (QED) is 0.496. The number of aliphatic hydroxyl groups excluding tert-OH is 1. The van der Waals surface area contributed by atoms with E-state index >= 15 is 0 Å². The SMILES string of the molecule is CN1CCC(=O)N1CO. The normalized spacial score (nSPS) is 21.6. The van der Waals surface area contributed by atoms with Gasteiger partial charge in [-0.1, -0.05) is 0 Å². The van der Waals surface area contributed by atoms with E-state index in [9.17, 15) is 4.79 Å². The van der Waals surface area contributed by atoms with Crippen LogP contribution in [0.15, 0.2) is 0 Å². The summed E-state index contributed by atoms with van der Waals surface area (Å²) in [5.41, 5.74) is 0. The van der Waals surface area contributed by atoms with E-state index in [4.69, 9.17) is 5.11 Å². The van der Waals surface area contributed by atoms with Crippen LogP contribution in [0, 0.1) is 0 Å². The second-order valence-corrected chi connectivity index (χ2v) is 2.07. The Labute approximate surface area is 53.6 Å². The Morgan fingerprint density at radius 3 is 2.67 bits per heavy atom. The first kappa shape index (κ1) is 6.51. The van der Waals surface area contributed by atoms with Gasteiger partial charge in [0.2, 0.25) is 5.91 Å². The zero-order valence-electron chi connectivity index (χ0n) is 5.37. The van der Waals surface area contributed by atoms with Crippen molar-refractivity contribution in [2.24, 2.45) is 0 Å². The number of rotatable bonds is 1. The van der Waals surface area contributed by atoms with Gasteiger partial charge in [-0.15, -0.1) is 0 Å². The number of nitrogens with zero attached hydrogens (tertiary/aromatic N) is 2. The van der Waals surface area contributed by atoms with E-state index in [-0.39, 0.29) is 12.6 Å². The molecule has 1 aliphatic heterocycles. The Morgan fingerprint density at radius 1 is 1.78 bits per heavy atom. The van der Waals surface area contributed by atoms with Crippen LogP contribution in [-0.4, -0.2) is 41.4 Å². The van der Waals surface area contributed by atoms with Crippen LogP contribution in [0.2, 0.25) is 0 Å². The van der Waals surface area contributed by atoms with Crippen LogP contribution in [0.3, 0.4) is 0 Å².